The number of benzene rings is 2. The second-order valence-electron chi connectivity index (χ2n) is 5.28. The van der Waals surface area contributed by atoms with Crippen LogP contribution in [-0.2, 0) is 0 Å². The predicted octanol–water partition coefficient (Wildman–Crippen LogP) is 4.83. The maximum Gasteiger partial charge on any atom is 0.145 e. The van der Waals surface area contributed by atoms with E-state index in [4.69, 9.17) is 20.2 Å². The number of aromatic nitrogens is 1. The van der Waals surface area contributed by atoms with Crippen LogP contribution in [0.5, 0.6) is 5.75 Å². The molecule has 0 aliphatic carbocycles. The van der Waals surface area contributed by atoms with Gasteiger partial charge < -0.3 is 10.1 Å². The van der Waals surface area contributed by atoms with Gasteiger partial charge in [0, 0.05) is 28.4 Å². The Morgan fingerprint density at radius 3 is 2.65 bits per heavy atom. The number of nitrogens with one attached hydrogen (secondary N) is 1. The van der Waals surface area contributed by atoms with Crippen molar-refractivity contribution in [3.05, 3.63) is 65.7 Å². The molecule has 126 valence electrons. The number of allylic oxidation sites excluding steroid dienone is 1. The summed E-state index contributed by atoms with van der Waals surface area (Å²) >= 11 is 1.55. The fraction of sp³-hybridized carbons (Fsp3) is 0.0500. The summed E-state index contributed by atoms with van der Waals surface area (Å²) in [6.07, 6.45) is 1.39. The number of hydrogen-bond donors (Lipinski definition) is 1. The molecule has 1 aromatic heterocycles. The molecular formula is C20H14N4OS. The summed E-state index contributed by atoms with van der Waals surface area (Å²) in [4.78, 5) is 4.71. The van der Waals surface area contributed by atoms with Gasteiger partial charge >= 0.3 is 0 Å². The van der Waals surface area contributed by atoms with Crippen LogP contribution in [0.25, 0.3) is 21.8 Å². The molecule has 0 bridgehead atoms. The molecule has 0 radical (unpaired) electrons. The molecule has 26 heavy (non-hydrogen) atoms. The summed E-state index contributed by atoms with van der Waals surface area (Å²) in [5.41, 5.74) is 3.64. The minimum atomic E-state index is 0.0185. The third-order valence-electron chi connectivity index (χ3n) is 3.60. The second kappa shape index (κ2) is 7.98. The Morgan fingerprint density at radius 2 is 1.88 bits per heavy atom. The van der Waals surface area contributed by atoms with E-state index in [9.17, 15) is 0 Å². The van der Waals surface area contributed by atoms with Crippen molar-refractivity contribution in [2.75, 3.05) is 12.4 Å². The van der Waals surface area contributed by atoms with Crippen molar-refractivity contribution in [2.45, 2.75) is 0 Å². The molecule has 0 amide bonds. The Labute approximate surface area is 155 Å². The van der Waals surface area contributed by atoms with Gasteiger partial charge in [-0.25, -0.2) is 4.98 Å². The van der Waals surface area contributed by atoms with E-state index >= 15 is 0 Å². The van der Waals surface area contributed by atoms with Crippen molar-refractivity contribution in [1.82, 2.24) is 4.98 Å². The first-order chi connectivity index (χ1) is 12.7. The molecule has 1 N–H and O–H groups in total. The van der Waals surface area contributed by atoms with Crippen LogP contribution in [0.3, 0.4) is 0 Å². The average molecular weight is 358 g/mol. The smallest absolute Gasteiger partial charge is 0.145 e. The molecule has 0 fully saturated rings. The fourth-order valence-corrected chi connectivity index (χ4v) is 3.13. The monoisotopic (exact) mass is 358 g/mol. The Morgan fingerprint density at radius 1 is 1.12 bits per heavy atom. The van der Waals surface area contributed by atoms with Gasteiger partial charge in [-0.3, -0.25) is 0 Å². The number of hydrogen-bond acceptors (Lipinski definition) is 6. The molecule has 3 rings (SSSR count). The molecule has 0 atom stereocenters. The van der Waals surface area contributed by atoms with E-state index in [1.54, 1.807) is 18.4 Å². The number of anilines is 1. The summed E-state index contributed by atoms with van der Waals surface area (Å²) in [7, 11) is 1.64. The van der Waals surface area contributed by atoms with Gasteiger partial charge in [0.25, 0.3) is 0 Å². The van der Waals surface area contributed by atoms with Gasteiger partial charge in [-0.2, -0.15) is 10.5 Å². The second-order valence-corrected chi connectivity index (χ2v) is 6.13. The van der Waals surface area contributed by atoms with Gasteiger partial charge in [-0.15, -0.1) is 11.3 Å². The summed E-state index contributed by atoms with van der Waals surface area (Å²) in [6, 6.07) is 19.1. The van der Waals surface area contributed by atoms with E-state index in [-0.39, 0.29) is 5.57 Å². The minimum absolute atomic E-state index is 0.0185. The summed E-state index contributed by atoms with van der Waals surface area (Å²) < 4.78 is 5.26. The highest BCUT2D eigenvalue weighted by atomic mass is 32.1. The van der Waals surface area contributed by atoms with E-state index in [2.05, 4.69) is 5.32 Å². The van der Waals surface area contributed by atoms with Crippen LogP contribution >= 0.6 is 11.3 Å². The van der Waals surface area contributed by atoms with Gasteiger partial charge in [-0.1, -0.05) is 24.3 Å². The van der Waals surface area contributed by atoms with Crippen LogP contribution in [0, 0.1) is 22.7 Å². The van der Waals surface area contributed by atoms with E-state index in [0.29, 0.717) is 0 Å². The number of thiazole rings is 1. The molecule has 0 aliphatic heterocycles. The molecule has 1 heterocycles. The third-order valence-corrected chi connectivity index (χ3v) is 4.49. The SMILES string of the molecule is COc1cccc(-c2csc(-c3cccc(NC=C(C#N)C#N)c3)n2)c1. The van der Waals surface area contributed by atoms with E-state index < -0.39 is 0 Å². The normalized spacial score (nSPS) is 9.65. The van der Waals surface area contributed by atoms with Gasteiger partial charge in [0.05, 0.1) is 12.8 Å². The lowest BCUT2D eigenvalue weighted by atomic mass is 10.1. The summed E-state index contributed by atoms with van der Waals surface area (Å²) in [6.45, 7) is 0. The molecule has 5 nitrogen and oxygen atoms in total. The number of methoxy groups -OCH3 is 1. The zero-order chi connectivity index (χ0) is 18.4. The van der Waals surface area contributed by atoms with E-state index in [1.165, 1.54) is 6.20 Å². The lowest BCUT2D eigenvalue weighted by Gasteiger charge is -2.03. The first-order valence-corrected chi connectivity index (χ1v) is 8.59. The molecule has 0 saturated carbocycles. The third kappa shape index (κ3) is 3.89. The van der Waals surface area contributed by atoms with Crippen molar-refractivity contribution >= 4 is 17.0 Å². The van der Waals surface area contributed by atoms with Crippen LogP contribution in [0.4, 0.5) is 5.69 Å². The predicted molar refractivity (Wildman–Crippen MR) is 102 cm³/mol. The number of rotatable bonds is 5. The molecule has 6 heteroatoms. The van der Waals surface area contributed by atoms with Crippen LogP contribution in [0.1, 0.15) is 0 Å². The Bertz CT molecular complexity index is 1020. The lowest BCUT2D eigenvalue weighted by molar-refractivity contribution is 0.415. The minimum Gasteiger partial charge on any atom is -0.497 e. The lowest BCUT2D eigenvalue weighted by Crippen LogP contribution is -1.90. The first kappa shape index (κ1) is 17.2. The van der Waals surface area contributed by atoms with Gasteiger partial charge in [0.2, 0.25) is 0 Å². The molecule has 0 saturated heterocycles. The molecule has 2 aromatic carbocycles. The zero-order valence-corrected chi connectivity index (χ0v) is 14.7. The van der Waals surface area contributed by atoms with Crippen LogP contribution in [-0.4, -0.2) is 12.1 Å². The number of nitriles is 2. The molecule has 0 unspecified atom stereocenters. The van der Waals surface area contributed by atoms with Crippen LogP contribution < -0.4 is 10.1 Å². The average Bonchev–Trinajstić information content (AvgIpc) is 3.19. The van der Waals surface area contributed by atoms with Crippen molar-refractivity contribution < 1.29 is 4.74 Å². The highest BCUT2D eigenvalue weighted by Crippen LogP contribution is 2.31. The van der Waals surface area contributed by atoms with Gasteiger partial charge in [-0.05, 0) is 24.3 Å². The van der Waals surface area contributed by atoms with E-state index in [0.717, 1.165) is 33.3 Å². The Balaban J connectivity index is 1.86. The number of ether oxygens (including phenoxy) is 1. The van der Waals surface area contributed by atoms with Crippen molar-refractivity contribution in [3.8, 4) is 39.7 Å². The first-order valence-electron chi connectivity index (χ1n) is 7.71. The van der Waals surface area contributed by atoms with Gasteiger partial charge in [0.15, 0.2) is 0 Å². The Hall–Kier alpha value is -3.61. The van der Waals surface area contributed by atoms with Crippen LogP contribution in [0.2, 0.25) is 0 Å². The van der Waals surface area contributed by atoms with Crippen molar-refractivity contribution in [2.24, 2.45) is 0 Å². The van der Waals surface area contributed by atoms with Gasteiger partial charge in [0.1, 0.15) is 28.5 Å². The summed E-state index contributed by atoms with van der Waals surface area (Å²) in [5.74, 6) is 0.792. The highest BCUT2D eigenvalue weighted by Gasteiger charge is 2.08. The van der Waals surface area contributed by atoms with Crippen molar-refractivity contribution in [1.29, 1.82) is 10.5 Å². The standard InChI is InChI=1S/C20H14N4OS/c1-25-18-7-3-4-15(9-18)19-13-26-20(24-19)16-5-2-6-17(8-16)23-12-14(10-21)11-22/h2-9,12-13,23H,1H3. The zero-order valence-electron chi connectivity index (χ0n) is 13.9. The fourth-order valence-electron chi connectivity index (χ4n) is 2.31. The van der Waals surface area contributed by atoms with E-state index in [1.807, 2.05) is 66.0 Å². The largest absolute Gasteiger partial charge is 0.497 e. The van der Waals surface area contributed by atoms with Crippen LogP contribution in [0.15, 0.2) is 65.7 Å². The topological polar surface area (TPSA) is 81.7 Å². The number of nitrogens with zero attached hydrogens (tertiary/aromatic N) is 3. The quantitative estimate of drug-likeness (QED) is 0.661. The molecular weight excluding hydrogens is 344 g/mol. The highest BCUT2D eigenvalue weighted by molar-refractivity contribution is 7.13. The summed E-state index contributed by atoms with van der Waals surface area (Å²) in [5, 5.41) is 23.4. The maximum absolute atomic E-state index is 8.79. The molecule has 0 spiro atoms. The maximum atomic E-state index is 8.79. The Kier molecular flexibility index (Phi) is 5.28. The molecule has 3 aromatic rings. The van der Waals surface area contributed by atoms with Crippen molar-refractivity contribution in [3.63, 3.8) is 0 Å². The molecule has 0 aliphatic rings.